The van der Waals surface area contributed by atoms with E-state index in [4.69, 9.17) is 20.8 Å². The molecule has 1 amide bonds. The molecule has 0 aliphatic carbocycles. The minimum absolute atomic E-state index is 0.197. The Morgan fingerprint density at radius 1 is 1.27 bits per heavy atom. The van der Waals surface area contributed by atoms with Crippen molar-refractivity contribution in [2.75, 3.05) is 21.3 Å². The summed E-state index contributed by atoms with van der Waals surface area (Å²) in [6.45, 7) is 5.34. The van der Waals surface area contributed by atoms with Gasteiger partial charge in [0.05, 0.1) is 27.7 Å². The number of carbonyl (C=O) groups excluding carboxylic acids is 2. The number of ether oxygens (including phenoxy) is 3. The molecule has 1 aromatic heterocycles. The molecule has 9 heteroatoms. The Morgan fingerprint density at radius 3 is 2.38 bits per heavy atom. The molecule has 1 aromatic carbocycles. The molecule has 2 aromatic rings. The summed E-state index contributed by atoms with van der Waals surface area (Å²) in [6.07, 6.45) is 3.24. The summed E-state index contributed by atoms with van der Waals surface area (Å²) < 4.78 is 15.1. The lowest BCUT2D eigenvalue weighted by Gasteiger charge is -2.16. The quantitative estimate of drug-likeness (QED) is 0.726. The van der Waals surface area contributed by atoms with Gasteiger partial charge in [-0.3, -0.25) is 4.79 Å². The van der Waals surface area contributed by atoms with Crippen molar-refractivity contribution >= 4 is 17.6 Å². The van der Waals surface area contributed by atoms with E-state index in [1.165, 1.54) is 39.8 Å². The van der Waals surface area contributed by atoms with E-state index in [0.29, 0.717) is 5.69 Å². The summed E-state index contributed by atoms with van der Waals surface area (Å²) in [4.78, 5) is 35.0. The standard InChI is InChI=1S/C17H18N4O5/c1-18-15-13(24-2)5-10(6-14(15)25-3)16(22)21-12(17(23)26-4)7-11-8-19-9-20-11/h1,5-6,8-9,12H,7H2,2-4H3,(H-,19,20,21,22)/p+1/t12-/m1/s1. The first-order valence-corrected chi connectivity index (χ1v) is 7.56. The normalized spacial score (nSPS) is 11.2. The van der Waals surface area contributed by atoms with Gasteiger partial charge >= 0.3 is 11.7 Å². The molecule has 0 radical (unpaired) electrons. The van der Waals surface area contributed by atoms with Crippen LogP contribution in [-0.4, -0.2) is 49.2 Å². The Morgan fingerprint density at radius 2 is 1.92 bits per heavy atom. The average Bonchev–Trinajstić information content (AvgIpc) is 3.18. The molecule has 2 N–H and O–H groups in total. The van der Waals surface area contributed by atoms with Gasteiger partial charge in [0.2, 0.25) is 11.5 Å². The van der Waals surface area contributed by atoms with Crippen LogP contribution in [0.15, 0.2) is 24.7 Å². The van der Waals surface area contributed by atoms with Gasteiger partial charge in [-0.1, -0.05) is 0 Å². The van der Waals surface area contributed by atoms with Gasteiger partial charge in [0, 0.05) is 36.0 Å². The number of benzene rings is 1. The van der Waals surface area contributed by atoms with Crippen molar-refractivity contribution in [1.82, 2.24) is 15.3 Å². The molecule has 26 heavy (non-hydrogen) atoms. The highest BCUT2D eigenvalue weighted by Gasteiger charge is 2.27. The number of H-pyrrole nitrogens is 1. The fourth-order valence-corrected chi connectivity index (χ4v) is 2.35. The third kappa shape index (κ3) is 4.10. The molecule has 2 rings (SSSR count). The number of esters is 1. The van der Waals surface area contributed by atoms with Crippen LogP contribution in [0.4, 0.5) is 5.69 Å². The summed E-state index contributed by atoms with van der Waals surface area (Å²) in [5.41, 5.74) is 1.16. The number of imidazole rings is 1. The maximum Gasteiger partial charge on any atom is 0.422 e. The number of hydrogen-bond donors (Lipinski definition) is 2. The summed E-state index contributed by atoms with van der Waals surface area (Å²) in [5.74, 6) is -0.569. The zero-order valence-corrected chi connectivity index (χ0v) is 14.6. The van der Waals surface area contributed by atoms with Crippen molar-refractivity contribution in [2.24, 2.45) is 0 Å². The number of nitrogens with zero attached hydrogens (tertiary/aromatic N) is 2. The first-order valence-electron chi connectivity index (χ1n) is 7.56. The molecule has 0 aliphatic heterocycles. The highest BCUT2D eigenvalue weighted by atomic mass is 16.5. The molecule has 1 atom stereocenters. The van der Waals surface area contributed by atoms with Gasteiger partial charge < -0.3 is 24.5 Å². The van der Waals surface area contributed by atoms with Crippen LogP contribution in [0, 0.1) is 6.57 Å². The zero-order chi connectivity index (χ0) is 19.1. The van der Waals surface area contributed by atoms with E-state index < -0.39 is 17.9 Å². The number of amides is 1. The van der Waals surface area contributed by atoms with Crippen molar-refractivity contribution in [3.05, 3.63) is 40.8 Å². The van der Waals surface area contributed by atoms with Crippen LogP contribution in [0.5, 0.6) is 11.5 Å². The van der Waals surface area contributed by atoms with Crippen molar-refractivity contribution in [3.63, 3.8) is 0 Å². The Labute approximate surface area is 150 Å². The van der Waals surface area contributed by atoms with Crippen molar-refractivity contribution in [1.29, 1.82) is 0 Å². The number of nitrogens with one attached hydrogen (secondary N) is 2. The minimum atomic E-state index is -0.899. The number of hydrogen-bond acceptors (Lipinski definition) is 6. The van der Waals surface area contributed by atoms with E-state index in [0.717, 1.165) is 0 Å². The van der Waals surface area contributed by atoms with Gasteiger partial charge in [-0.25, -0.2) is 9.78 Å². The van der Waals surface area contributed by atoms with Gasteiger partial charge in [0.25, 0.3) is 12.5 Å². The van der Waals surface area contributed by atoms with Gasteiger partial charge in [-0.2, -0.15) is 0 Å². The Hall–Kier alpha value is -3.54. The molecule has 0 spiro atoms. The lowest BCUT2D eigenvalue weighted by atomic mass is 10.1. The second kappa shape index (κ2) is 8.53. The molecule has 0 fully saturated rings. The van der Waals surface area contributed by atoms with Crippen LogP contribution >= 0.6 is 0 Å². The third-order valence-electron chi connectivity index (χ3n) is 3.64. The molecular formula is C17H19N4O5+. The van der Waals surface area contributed by atoms with E-state index in [9.17, 15) is 9.59 Å². The van der Waals surface area contributed by atoms with Crippen LogP contribution in [-0.2, 0) is 16.0 Å². The summed E-state index contributed by atoms with van der Waals surface area (Å²) in [7, 11) is 4.08. The van der Waals surface area contributed by atoms with Crippen molar-refractivity contribution in [2.45, 2.75) is 12.5 Å². The maximum atomic E-state index is 12.6. The van der Waals surface area contributed by atoms with E-state index in [1.54, 1.807) is 6.20 Å². The molecule has 0 bridgehead atoms. The van der Waals surface area contributed by atoms with Crippen molar-refractivity contribution < 1.29 is 23.8 Å². The van der Waals surface area contributed by atoms with Crippen LogP contribution in [0.1, 0.15) is 16.1 Å². The maximum absolute atomic E-state index is 12.6. The minimum Gasteiger partial charge on any atom is -0.489 e. The second-order valence-electron chi connectivity index (χ2n) is 5.19. The topological polar surface area (TPSA) is 107 Å². The summed E-state index contributed by atoms with van der Waals surface area (Å²) in [6, 6.07) is 2.01. The molecular weight excluding hydrogens is 340 g/mol. The average molecular weight is 359 g/mol. The van der Waals surface area contributed by atoms with Crippen molar-refractivity contribution in [3.8, 4) is 18.1 Å². The predicted molar refractivity (Wildman–Crippen MR) is 93.1 cm³/mol. The first-order chi connectivity index (χ1) is 12.5. The van der Waals surface area contributed by atoms with E-state index >= 15 is 0 Å². The van der Waals surface area contributed by atoms with Crippen LogP contribution in [0.2, 0.25) is 0 Å². The van der Waals surface area contributed by atoms with E-state index in [-0.39, 0.29) is 29.2 Å². The molecule has 0 aliphatic rings. The number of carbonyl (C=O) groups is 2. The first kappa shape index (κ1) is 18.8. The molecule has 1 heterocycles. The molecule has 136 valence electrons. The molecule has 0 saturated heterocycles. The van der Waals surface area contributed by atoms with Gasteiger partial charge in [-0.05, 0) is 4.85 Å². The van der Waals surface area contributed by atoms with Crippen LogP contribution < -0.4 is 14.8 Å². The predicted octanol–water partition coefficient (Wildman–Crippen LogP) is 1.54. The highest BCUT2D eigenvalue weighted by molar-refractivity contribution is 5.98. The number of methoxy groups -OCH3 is 3. The zero-order valence-electron chi connectivity index (χ0n) is 14.6. The molecule has 0 saturated carbocycles. The number of rotatable bonds is 7. The van der Waals surface area contributed by atoms with Gasteiger partial charge in [0.1, 0.15) is 6.04 Å². The second-order valence-corrected chi connectivity index (χ2v) is 5.19. The Bertz CT molecular complexity index is 801. The van der Waals surface area contributed by atoms with Crippen LogP contribution in [0.25, 0.3) is 4.85 Å². The SMILES string of the molecule is C#[N+]c1c(OC)cc(C(=O)N[C@H](Cc2cnc[nH]2)C(=O)OC)cc1OC. The fraction of sp³-hybridized carbons (Fsp3) is 0.294. The largest absolute Gasteiger partial charge is 0.489 e. The molecule has 9 nitrogen and oxygen atoms in total. The monoisotopic (exact) mass is 359 g/mol. The van der Waals surface area contributed by atoms with Gasteiger partial charge in [0.15, 0.2) is 0 Å². The lowest BCUT2D eigenvalue weighted by molar-refractivity contribution is -0.142. The Balaban J connectivity index is 2.28. The summed E-state index contributed by atoms with van der Waals surface area (Å²) in [5, 5.41) is 2.63. The Kier molecular flexibility index (Phi) is 6.16. The van der Waals surface area contributed by atoms with E-state index in [1.807, 2.05) is 0 Å². The van der Waals surface area contributed by atoms with Crippen LogP contribution in [0.3, 0.4) is 0 Å². The summed E-state index contributed by atoms with van der Waals surface area (Å²) >= 11 is 0. The van der Waals surface area contributed by atoms with E-state index in [2.05, 4.69) is 20.1 Å². The molecule has 0 unspecified atom stereocenters. The number of aromatic amines is 1. The highest BCUT2D eigenvalue weighted by Crippen LogP contribution is 2.38. The lowest BCUT2D eigenvalue weighted by Crippen LogP contribution is -2.43. The third-order valence-corrected chi connectivity index (χ3v) is 3.64. The fourth-order valence-electron chi connectivity index (χ4n) is 2.35. The number of aromatic nitrogens is 2. The van der Waals surface area contributed by atoms with Gasteiger partial charge in [-0.15, -0.1) is 0 Å². The smallest absolute Gasteiger partial charge is 0.422 e.